The summed E-state index contributed by atoms with van der Waals surface area (Å²) in [6.45, 7) is 2.10. The number of pyridine rings is 1. The number of hydrogen-bond acceptors (Lipinski definition) is 3. The maximum Gasteiger partial charge on any atom is 0.0812 e. The molecule has 0 amide bonds. The summed E-state index contributed by atoms with van der Waals surface area (Å²) in [4.78, 5) is 8.50. The highest BCUT2D eigenvalue weighted by molar-refractivity contribution is 7.07. The molecule has 2 rings (SSSR count). The van der Waals surface area contributed by atoms with Crippen LogP contribution in [0.5, 0.6) is 0 Å². The van der Waals surface area contributed by atoms with E-state index in [-0.39, 0.29) is 0 Å². The highest BCUT2D eigenvalue weighted by Crippen LogP contribution is 2.18. The van der Waals surface area contributed by atoms with E-state index in [0.717, 1.165) is 23.4 Å². The average Bonchev–Trinajstić information content (AvgIpc) is 2.71. The summed E-state index contributed by atoms with van der Waals surface area (Å²) in [6, 6.07) is 4.09. The zero-order valence-electron chi connectivity index (χ0n) is 7.40. The lowest BCUT2D eigenvalue weighted by atomic mass is 10.1. The van der Waals surface area contributed by atoms with Crippen molar-refractivity contribution in [3.05, 3.63) is 34.9 Å². The molecule has 0 N–H and O–H groups in total. The monoisotopic (exact) mass is 190 g/mol. The van der Waals surface area contributed by atoms with Gasteiger partial charge in [0.05, 0.1) is 11.2 Å². The van der Waals surface area contributed by atoms with Gasteiger partial charge in [0.15, 0.2) is 0 Å². The van der Waals surface area contributed by atoms with Crippen LogP contribution in [0.3, 0.4) is 0 Å². The van der Waals surface area contributed by atoms with Crippen LogP contribution >= 0.6 is 11.3 Å². The Balaban J connectivity index is 2.41. The summed E-state index contributed by atoms with van der Waals surface area (Å²) in [5, 5.41) is 2.05. The molecule has 0 radical (unpaired) electrons. The van der Waals surface area contributed by atoms with Crippen LogP contribution in [0.1, 0.15) is 12.6 Å². The van der Waals surface area contributed by atoms with E-state index in [1.165, 1.54) is 0 Å². The highest BCUT2D eigenvalue weighted by atomic mass is 32.1. The van der Waals surface area contributed by atoms with Gasteiger partial charge in [-0.1, -0.05) is 6.92 Å². The molecule has 2 aromatic heterocycles. The van der Waals surface area contributed by atoms with Crippen LogP contribution in [0.4, 0.5) is 0 Å². The standard InChI is InChI=1S/C10H10N2S/c1-2-9-5-8(3-4-11-9)10-6-13-7-12-10/h3-7H,2H2,1H3. The third-order valence-corrected chi connectivity index (χ3v) is 2.49. The molecular weight excluding hydrogens is 180 g/mol. The second-order valence-corrected chi connectivity index (χ2v) is 3.48. The van der Waals surface area contributed by atoms with Crippen molar-refractivity contribution in [1.29, 1.82) is 0 Å². The summed E-state index contributed by atoms with van der Waals surface area (Å²) in [7, 11) is 0. The van der Waals surface area contributed by atoms with E-state index in [2.05, 4.69) is 28.3 Å². The normalized spacial score (nSPS) is 10.2. The third-order valence-electron chi connectivity index (χ3n) is 1.91. The van der Waals surface area contributed by atoms with Crippen LogP contribution in [-0.2, 0) is 6.42 Å². The Hall–Kier alpha value is -1.22. The van der Waals surface area contributed by atoms with E-state index < -0.39 is 0 Å². The molecule has 0 spiro atoms. The third kappa shape index (κ3) is 1.75. The zero-order valence-corrected chi connectivity index (χ0v) is 8.21. The predicted octanol–water partition coefficient (Wildman–Crippen LogP) is 2.77. The average molecular weight is 190 g/mol. The topological polar surface area (TPSA) is 25.8 Å². The molecule has 2 nitrogen and oxygen atoms in total. The second kappa shape index (κ2) is 3.66. The van der Waals surface area contributed by atoms with E-state index in [0.29, 0.717) is 0 Å². The second-order valence-electron chi connectivity index (χ2n) is 2.76. The number of aromatic nitrogens is 2. The number of rotatable bonds is 2. The minimum atomic E-state index is 0.970. The van der Waals surface area contributed by atoms with Crippen molar-refractivity contribution in [2.24, 2.45) is 0 Å². The molecule has 0 saturated carbocycles. The molecule has 2 heterocycles. The number of thiazole rings is 1. The fraction of sp³-hybridized carbons (Fsp3) is 0.200. The first-order valence-electron chi connectivity index (χ1n) is 4.23. The van der Waals surface area contributed by atoms with Crippen LogP contribution in [0.25, 0.3) is 11.3 Å². The fourth-order valence-corrected chi connectivity index (χ4v) is 1.75. The molecule has 3 heteroatoms. The molecule has 0 atom stereocenters. The summed E-state index contributed by atoms with van der Waals surface area (Å²) in [6.07, 6.45) is 2.81. The van der Waals surface area contributed by atoms with Gasteiger partial charge in [-0.25, -0.2) is 4.98 Å². The Bertz CT molecular complexity index is 382. The molecule has 2 aromatic rings. The van der Waals surface area contributed by atoms with Gasteiger partial charge in [-0.15, -0.1) is 11.3 Å². The minimum Gasteiger partial charge on any atom is -0.261 e. The van der Waals surface area contributed by atoms with Gasteiger partial charge in [-0.2, -0.15) is 0 Å². The van der Waals surface area contributed by atoms with Gasteiger partial charge in [-0.05, 0) is 18.6 Å². The van der Waals surface area contributed by atoms with Gasteiger partial charge < -0.3 is 0 Å². The molecule has 0 aliphatic carbocycles. The van der Waals surface area contributed by atoms with Gasteiger partial charge in [-0.3, -0.25) is 4.98 Å². The first-order valence-corrected chi connectivity index (χ1v) is 5.18. The minimum absolute atomic E-state index is 0.970. The Labute approximate surface area is 81.3 Å². The number of nitrogens with zero attached hydrogens (tertiary/aromatic N) is 2. The summed E-state index contributed by atoms with van der Waals surface area (Å²) < 4.78 is 0. The van der Waals surface area contributed by atoms with E-state index >= 15 is 0 Å². The molecule has 66 valence electrons. The van der Waals surface area contributed by atoms with E-state index in [1.54, 1.807) is 11.3 Å². The van der Waals surface area contributed by atoms with Crippen LogP contribution in [-0.4, -0.2) is 9.97 Å². The molecular formula is C10H10N2S. The molecule has 13 heavy (non-hydrogen) atoms. The van der Waals surface area contributed by atoms with Crippen molar-refractivity contribution in [2.75, 3.05) is 0 Å². The van der Waals surface area contributed by atoms with Gasteiger partial charge >= 0.3 is 0 Å². The van der Waals surface area contributed by atoms with E-state index in [4.69, 9.17) is 0 Å². The lowest BCUT2D eigenvalue weighted by molar-refractivity contribution is 1.04. The first-order chi connectivity index (χ1) is 6.40. The molecule has 0 fully saturated rings. The van der Waals surface area contributed by atoms with Gasteiger partial charge in [0, 0.05) is 22.8 Å². The van der Waals surface area contributed by atoms with Gasteiger partial charge in [0.2, 0.25) is 0 Å². The Morgan fingerprint density at radius 2 is 2.31 bits per heavy atom. The van der Waals surface area contributed by atoms with Crippen LogP contribution in [0.15, 0.2) is 29.2 Å². The van der Waals surface area contributed by atoms with Crippen LogP contribution in [0.2, 0.25) is 0 Å². The predicted molar refractivity (Wildman–Crippen MR) is 54.7 cm³/mol. The Kier molecular flexibility index (Phi) is 2.36. The highest BCUT2D eigenvalue weighted by Gasteiger charge is 1.99. The summed E-state index contributed by atoms with van der Waals surface area (Å²) in [5.74, 6) is 0. The number of aryl methyl sites for hydroxylation is 1. The maximum absolute atomic E-state index is 4.25. The van der Waals surface area contributed by atoms with Crippen molar-refractivity contribution in [2.45, 2.75) is 13.3 Å². The van der Waals surface area contributed by atoms with E-state index in [1.807, 2.05) is 17.8 Å². The lowest BCUT2D eigenvalue weighted by Crippen LogP contribution is -1.86. The van der Waals surface area contributed by atoms with Crippen molar-refractivity contribution >= 4 is 11.3 Å². The Morgan fingerprint density at radius 1 is 1.38 bits per heavy atom. The van der Waals surface area contributed by atoms with Crippen molar-refractivity contribution in [3.8, 4) is 11.3 Å². The van der Waals surface area contributed by atoms with Crippen molar-refractivity contribution in [3.63, 3.8) is 0 Å². The SMILES string of the molecule is CCc1cc(-c2cscn2)ccn1. The summed E-state index contributed by atoms with van der Waals surface area (Å²) in [5.41, 5.74) is 5.17. The molecule has 0 saturated heterocycles. The summed E-state index contributed by atoms with van der Waals surface area (Å²) >= 11 is 1.62. The molecule has 0 aromatic carbocycles. The molecule has 0 aliphatic heterocycles. The smallest absolute Gasteiger partial charge is 0.0812 e. The van der Waals surface area contributed by atoms with Crippen LogP contribution < -0.4 is 0 Å². The van der Waals surface area contributed by atoms with Gasteiger partial charge in [0.1, 0.15) is 0 Å². The van der Waals surface area contributed by atoms with Gasteiger partial charge in [0.25, 0.3) is 0 Å². The molecule has 0 unspecified atom stereocenters. The first kappa shape index (κ1) is 8.38. The van der Waals surface area contributed by atoms with Crippen molar-refractivity contribution < 1.29 is 0 Å². The van der Waals surface area contributed by atoms with E-state index in [9.17, 15) is 0 Å². The maximum atomic E-state index is 4.25. The fourth-order valence-electron chi connectivity index (χ4n) is 1.19. The lowest BCUT2D eigenvalue weighted by Gasteiger charge is -1.98. The number of hydrogen-bond donors (Lipinski definition) is 0. The largest absolute Gasteiger partial charge is 0.261 e. The quantitative estimate of drug-likeness (QED) is 0.727. The molecule has 0 bridgehead atoms. The van der Waals surface area contributed by atoms with Crippen LogP contribution in [0, 0.1) is 0 Å². The zero-order chi connectivity index (χ0) is 9.10. The van der Waals surface area contributed by atoms with Crippen molar-refractivity contribution in [1.82, 2.24) is 9.97 Å². The Morgan fingerprint density at radius 3 is 3.00 bits per heavy atom. The molecule has 0 aliphatic rings.